The Morgan fingerprint density at radius 3 is 1.24 bits per heavy atom. The number of hydrogen-bond acceptors (Lipinski definition) is 0. The Balaban J connectivity index is -0.000000218. The second kappa shape index (κ2) is 24.6. The van der Waals surface area contributed by atoms with Crippen molar-refractivity contribution in [2.45, 2.75) is 78.1 Å². The van der Waals surface area contributed by atoms with Gasteiger partial charge in [-0.05, 0) is 25.7 Å². The monoisotopic (exact) mass is 242 g/mol. The third-order valence-electron chi connectivity index (χ3n) is 2.52. The molecule has 0 atom stereocenters. The molecule has 0 saturated heterocycles. The van der Waals surface area contributed by atoms with E-state index in [1.807, 2.05) is 12.2 Å². The Kier molecular flexibility index (Phi) is 31.4. The molecule has 0 aromatic heterocycles. The molecule has 2 N–H and O–H groups in total. The lowest BCUT2D eigenvalue weighted by Gasteiger charge is -1.91. The van der Waals surface area contributed by atoms with Gasteiger partial charge in [-0.3, -0.25) is 0 Å². The summed E-state index contributed by atoms with van der Waals surface area (Å²) in [5, 5.41) is 0. The van der Waals surface area contributed by atoms with Gasteiger partial charge in [0.1, 0.15) is 0 Å². The van der Waals surface area contributed by atoms with Gasteiger partial charge in [0.05, 0.1) is 0 Å². The van der Waals surface area contributed by atoms with Crippen molar-refractivity contribution >= 4 is 0 Å². The van der Waals surface area contributed by atoms with Crippen LogP contribution in [-0.2, 0) is 0 Å². The fourth-order valence-electron chi connectivity index (χ4n) is 1.43. The second-order valence-corrected chi connectivity index (χ2v) is 4.28. The Hall–Kier alpha value is -0.560. The first kappa shape index (κ1) is 21.7. The molecule has 0 fully saturated rings. The van der Waals surface area contributed by atoms with Crippen molar-refractivity contribution in [2.75, 3.05) is 0 Å². The number of allylic oxidation sites excluding steroid dienone is 2. The highest BCUT2D eigenvalue weighted by atomic mass is 16.0. The molecule has 0 unspecified atom stereocenters. The fraction of sp³-hybridized carbons (Fsp3) is 0.750. The van der Waals surface area contributed by atoms with Crippen molar-refractivity contribution in [2.24, 2.45) is 0 Å². The first-order valence-electron chi connectivity index (χ1n) is 7.05. The van der Waals surface area contributed by atoms with Crippen LogP contribution in [0.1, 0.15) is 78.1 Å². The number of hydrogen-bond donors (Lipinski definition) is 0. The number of unbranched alkanes of at least 4 members (excludes halogenated alkanes) is 8. The van der Waals surface area contributed by atoms with Crippen molar-refractivity contribution in [1.29, 1.82) is 0 Å². The molecule has 0 bridgehead atoms. The van der Waals surface area contributed by atoms with Gasteiger partial charge in [0.25, 0.3) is 0 Å². The SMILES string of the molecule is C=CCCCCCC.C=CCCCCCC.O. The molecule has 0 aliphatic rings. The molecule has 0 rings (SSSR count). The van der Waals surface area contributed by atoms with Crippen molar-refractivity contribution in [1.82, 2.24) is 0 Å². The van der Waals surface area contributed by atoms with E-state index in [-0.39, 0.29) is 5.48 Å². The van der Waals surface area contributed by atoms with Crippen LogP contribution in [0, 0.1) is 0 Å². The van der Waals surface area contributed by atoms with E-state index >= 15 is 0 Å². The lowest BCUT2D eigenvalue weighted by molar-refractivity contribution is 0.675. The minimum absolute atomic E-state index is 0. The molecule has 0 aliphatic carbocycles. The van der Waals surface area contributed by atoms with Crippen LogP contribution in [0.3, 0.4) is 0 Å². The third kappa shape index (κ3) is 31.3. The first-order valence-corrected chi connectivity index (χ1v) is 7.05. The maximum Gasteiger partial charge on any atom is -0.0353 e. The van der Waals surface area contributed by atoms with E-state index in [0.717, 1.165) is 0 Å². The van der Waals surface area contributed by atoms with Gasteiger partial charge in [-0.15, -0.1) is 13.2 Å². The lowest BCUT2D eigenvalue weighted by atomic mass is 10.2. The van der Waals surface area contributed by atoms with E-state index in [1.54, 1.807) is 0 Å². The lowest BCUT2D eigenvalue weighted by Crippen LogP contribution is -1.71. The third-order valence-corrected chi connectivity index (χ3v) is 2.52. The molecule has 0 spiro atoms. The maximum atomic E-state index is 3.66. The predicted molar refractivity (Wildman–Crippen MR) is 81.5 cm³/mol. The van der Waals surface area contributed by atoms with Crippen molar-refractivity contribution < 1.29 is 5.48 Å². The van der Waals surface area contributed by atoms with Crippen LogP contribution in [0.2, 0.25) is 0 Å². The van der Waals surface area contributed by atoms with Crippen LogP contribution in [0.5, 0.6) is 0 Å². The quantitative estimate of drug-likeness (QED) is 0.360. The molecule has 104 valence electrons. The summed E-state index contributed by atoms with van der Waals surface area (Å²) in [4.78, 5) is 0. The van der Waals surface area contributed by atoms with E-state index in [1.165, 1.54) is 64.2 Å². The van der Waals surface area contributed by atoms with Gasteiger partial charge in [0.15, 0.2) is 0 Å². The molecule has 0 heterocycles. The summed E-state index contributed by atoms with van der Waals surface area (Å²) in [6.07, 6.45) is 17.2. The molecule has 0 aliphatic heterocycles. The van der Waals surface area contributed by atoms with E-state index in [2.05, 4.69) is 27.0 Å². The molecular weight excluding hydrogens is 208 g/mol. The van der Waals surface area contributed by atoms with Crippen LogP contribution in [0.25, 0.3) is 0 Å². The van der Waals surface area contributed by atoms with Crippen LogP contribution in [-0.4, -0.2) is 5.48 Å². The highest BCUT2D eigenvalue weighted by Crippen LogP contribution is 2.02. The Labute approximate surface area is 109 Å². The minimum Gasteiger partial charge on any atom is -0.412 e. The van der Waals surface area contributed by atoms with E-state index in [9.17, 15) is 0 Å². The largest absolute Gasteiger partial charge is 0.412 e. The summed E-state index contributed by atoms with van der Waals surface area (Å²) < 4.78 is 0. The van der Waals surface area contributed by atoms with Crippen molar-refractivity contribution in [3.05, 3.63) is 25.3 Å². The molecular formula is C16H34O. The summed E-state index contributed by atoms with van der Waals surface area (Å²) in [5.74, 6) is 0. The maximum absolute atomic E-state index is 3.66. The fourth-order valence-corrected chi connectivity index (χ4v) is 1.43. The van der Waals surface area contributed by atoms with Gasteiger partial charge < -0.3 is 5.48 Å². The normalized spacial score (nSPS) is 8.59. The van der Waals surface area contributed by atoms with Gasteiger partial charge in [-0.25, -0.2) is 0 Å². The van der Waals surface area contributed by atoms with Crippen LogP contribution < -0.4 is 0 Å². The van der Waals surface area contributed by atoms with Gasteiger partial charge in [0.2, 0.25) is 0 Å². The zero-order valence-corrected chi connectivity index (χ0v) is 12.1. The zero-order chi connectivity index (χ0) is 12.5. The molecule has 0 radical (unpaired) electrons. The molecule has 1 nitrogen and oxygen atoms in total. The molecule has 17 heavy (non-hydrogen) atoms. The standard InChI is InChI=1S/2C8H16.H2O/c2*1-3-5-7-8-6-4-2;/h2*3H,1,4-8H2,2H3;1H2. The summed E-state index contributed by atoms with van der Waals surface area (Å²) in [5.41, 5.74) is 0. The molecule has 0 saturated carbocycles. The Morgan fingerprint density at radius 2 is 1.00 bits per heavy atom. The van der Waals surface area contributed by atoms with Crippen molar-refractivity contribution in [3.63, 3.8) is 0 Å². The first-order chi connectivity index (χ1) is 7.83. The zero-order valence-electron chi connectivity index (χ0n) is 12.1. The average molecular weight is 242 g/mol. The van der Waals surface area contributed by atoms with Gasteiger partial charge in [0, 0.05) is 0 Å². The molecule has 0 aromatic carbocycles. The Bertz CT molecular complexity index is 113. The average Bonchev–Trinajstić information content (AvgIpc) is 2.31. The van der Waals surface area contributed by atoms with Gasteiger partial charge >= 0.3 is 0 Å². The summed E-state index contributed by atoms with van der Waals surface area (Å²) in [6.45, 7) is 11.8. The Morgan fingerprint density at radius 1 is 0.647 bits per heavy atom. The number of rotatable bonds is 10. The minimum atomic E-state index is 0. The summed E-state index contributed by atoms with van der Waals surface area (Å²) in [6, 6.07) is 0. The summed E-state index contributed by atoms with van der Waals surface area (Å²) >= 11 is 0. The molecule has 1 heteroatoms. The summed E-state index contributed by atoms with van der Waals surface area (Å²) in [7, 11) is 0. The molecule has 0 aromatic rings. The van der Waals surface area contributed by atoms with E-state index in [0.29, 0.717) is 0 Å². The van der Waals surface area contributed by atoms with Crippen LogP contribution in [0.15, 0.2) is 25.3 Å². The van der Waals surface area contributed by atoms with Gasteiger partial charge in [-0.1, -0.05) is 64.5 Å². The molecule has 0 amide bonds. The van der Waals surface area contributed by atoms with E-state index < -0.39 is 0 Å². The smallest absolute Gasteiger partial charge is 0.0353 e. The van der Waals surface area contributed by atoms with Crippen LogP contribution >= 0.6 is 0 Å². The topological polar surface area (TPSA) is 31.5 Å². The van der Waals surface area contributed by atoms with Crippen molar-refractivity contribution in [3.8, 4) is 0 Å². The highest BCUT2D eigenvalue weighted by molar-refractivity contribution is 4.65. The predicted octanol–water partition coefficient (Wildman–Crippen LogP) is 5.46. The highest BCUT2D eigenvalue weighted by Gasteiger charge is 1.82. The van der Waals surface area contributed by atoms with Crippen LogP contribution in [0.4, 0.5) is 0 Å². The van der Waals surface area contributed by atoms with E-state index in [4.69, 9.17) is 0 Å². The second-order valence-electron chi connectivity index (χ2n) is 4.28. The van der Waals surface area contributed by atoms with Gasteiger partial charge in [-0.2, -0.15) is 0 Å².